The van der Waals surface area contributed by atoms with E-state index in [4.69, 9.17) is 25.4 Å². The molecule has 0 radical (unpaired) electrons. The SMILES string of the molecule is S=P(OC1C2CC3CC(C2)CC1C3)(OC1C2CC3CC(C2)CC1C3)OC1C2CC3CC(C2)CC1C3. The zero-order valence-corrected chi connectivity index (χ0v) is 23.1. The molecule has 12 fully saturated rings. The van der Waals surface area contributed by atoms with Crippen molar-refractivity contribution in [2.24, 2.45) is 71.0 Å². The molecule has 12 aliphatic carbocycles. The second-order valence-corrected chi connectivity index (χ2v) is 18.3. The van der Waals surface area contributed by atoms with Gasteiger partial charge in [-0.2, -0.15) is 0 Å². The van der Waals surface area contributed by atoms with Gasteiger partial charge in [0.25, 0.3) is 0 Å². The highest BCUT2D eigenvalue weighted by Crippen LogP contribution is 2.67. The van der Waals surface area contributed by atoms with Crippen LogP contribution in [0.1, 0.15) is 96.3 Å². The quantitative estimate of drug-likeness (QED) is 0.338. The molecular weight excluding hydrogens is 471 g/mol. The van der Waals surface area contributed by atoms with Gasteiger partial charge < -0.3 is 13.6 Å². The fraction of sp³-hybridized carbons (Fsp3) is 1.00. The lowest BCUT2D eigenvalue weighted by Crippen LogP contribution is -2.52. The Morgan fingerprint density at radius 2 is 0.543 bits per heavy atom. The lowest BCUT2D eigenvalue weighted by molar-refractivity contribution is -0.131. The van der Waals surface area contributed by atoms with E-state index >= 15 is 0 Å². The van der Waals surface area contributed by atoms with Crippen LogP contribution in [0.4, 0.5) is 0 Å². The summed E-state index contributed by atoms with van der Waals surface area (Å²) in [5.74, 6) is 10.1. The summed E-state index contributed by atoms with van der Waals surface area (Å²) in [6.07, 6.45) is 22.0. The fourth-order valence-electron chi connectivity index (χ4n) is 12.7. The summed E-state index contributed by atoms with van der Waals surface area (Å²) in [7, 11) is 0. The zero-order valence-electron chi connectivity index (χ0n) is 21.3. The molecule has 0 aromatic carbocycles. The van der Waals surface area contributed by atoms with E-state index in [-0.39, 0.29) is 0 Å². The first-order valence-electron chi connectivity index (χ1n) is 15.7. The van der Waals surface area contributed by atoms with Crippen LogP contribution >= 0.6 is 6.72 Å². The number of hydrogen-bond donors (Lipinski definition) is 0. The van der Waals surface area contributed by atoms with Gasteiger partial charge in [-0.05, 0) is 179 Å². The largest absolute Gasteiger partial charge is 0.328 e. The average molecular weight is 517 g/mol. The van der Waals surface area contributed by atoms with Gasteiger partial charge in [0, 0.05) is 0 Å². The topological polar surface area (TPSA) is 27.7 Å². The maximum atomic E-state index is 7.21. The molecule has 0 unspecified atom stereocenters. The van der Waals surface area contributed by atoms with Crippen molar-refractivity contribution in [3.8, 4) is 0 Å². The second-order valence-electron chi connectivity index (χ2n) is 15.4. The van der Waals surface area contributed by atoms with E-state index in [0.29, 0.717) is 18.3 Å². The summed E-state index contributed by atoms with van der Waals surface area (Å²) in [4.78, 5) is 0. The highest BCUT2D eigenvalue weighted by molar-refractivity contribution is 8.07. The first kappa shape index (κ1) is 22.4. The summed E-state index contributed by atoms with van der Waals surface area (Å²) in [6, 6.07) is 0. The van der Waals surface area contributed by atoms with E-state index in [0.717, 1.165) is 71.0 Å². The van der Waals surface area contributed by atoms with Crippen molar-refractivity contribution in [3.63, 3.8) is 0 Å². The molecule has 5 heteroatoms. The molecule has 0 saturated heterocycles. The van der Waals surface area contributed by atoms with E-state index in [1.54, 1.807) is 0 Å². The van der Waals surface area contributed by atoms with Gasteiger partial charge in [0.05, 0.1) is 18.3 Å². The minimum absolute atomic E-state index is 0.322. The van der Waals surface area contributed by atoms with Crippen molar-refractivity contribution in [2.75, 3.05) is 0 Å². The minimum atomic E-state index is -2.77. The summed E-state index contributed by atoms with van der Waals surface area (Å²) < 4.78 is 21.6. The van der Waals surface area contributed by atoms with Gasteiger partial charge in [0.1, 0.15) is 0 Å². The van der Waals surface area contributed by atoms with Gasteiger partial charge in [-0.1, -0.05) is 0 Å². The smallest absolute Gasteiger partial charge is 0.305 e. The molecule has 0 amide bonds. The number of hydrogen-bond acceptors (Lipinski definition) is 4. The van der Waals surface area contributed by atoms with E-state index in [9.17, 15) is 0 Å². The van der Waals surface area contributed by atoms with Crippen molar-refractivity contribution in [3.05, 3.63) is 0 Å². The molecule has 0 aliphatic heterocycles. The van der Waals surface area contributed by atoms with Crippen LogP contribution in [0.25, 0.3) is 0 Å². The Morgan fingerprint density at radius 3 is 0.743 bits per heavy atom. The highest BCUT2D eigenvalue weighted by Gasteiger charge is 2.56. The van der Waals surface area contributed by atoms with Gasteiger partial charge in [-0.15, -0.1) is 0 Å². The van der Waals surface area contributed by atoms with E-state index in [1.807, 2.05) is 0 Å². The standard InChI is InChI=1S/C30H45O3PS/c35-34(31-28-22-4-16-1-17(6-22)7-23(28)5-16,32-29-24-8-18-2-19(10-24)11-25(29)9-18)33-30-26-12-20-3-21(14-26)15-27(30)13-20/h16-30H,1-15H2. The molecule has 0 aromatic rings. The first-order chi connectivity index (χ1) is 17.0. The molecule has 12 rings (SSSR count). The molecule has 12 bridgehead atoms. The van der Waals surface area contributed by atoms with Gasteiger partial charge in [-0.3, -0.25) is 0 Å². The predicted octanol–water partition coefficient (Wildman–Crippen LogP) is 7.73. The van der Waals surface area contributed by atoms with Crippen LogP contribution in [-0.4, -0.2) is 18.3 Å². The van der Waals surface area contributed by atoms with Crippen LogP contribution in [0.3, 0.4) is 0 Å². The summed E-state index contributed by atoms with van der Waals surface area (Å²) in [6.45, 7) is -2.77. The van der Waals surface area contributed by atoms with Crippen LogP contribution in [0.5, 0.6) is 0 Å². The van der Waals surface area contributed by atoms with Crippen molar-refractivity contribution < 1.29 is 13.6 Å². The van der Waals surface area contributed by atoms with Gasteiger partial charge in [0.15, 0.2) is 0 Å². The molecule has 0 aromatic heterocycles. The molecule has 0 N–H and O–H groups in total. The normalized spacial score (nSPS) is 60.4. The van der Waals surface area contributed by atoms with Gasteiger partial charge in [0.2, 0.25) is 0 Å². The zero-order chi connectivity index (χ0) is 22.9. The van der Waals surface area contributed by atoms with Gasteiger partial charge in [-0.25, -0.2) is 0 Å². The average Bonchev–Trinajstić information content (AvgIpc) is 2.80. The predicted molar refractivity (Wildman–Crippen MR) is 140 cm³/mol. The molecule has 3 nitrogen and oxygen atoms in total. The maximum absolute atomic E-state index is 7.21. The van der Waals surface area contributed by atoms with Crippen LogP contribution in [-0.2, 0) is 25.4 Å². The van der Waals surface area contributed by atoms with Crippen LogP contribution in [0.2, 0.25) is 0 Å². The molecule has 0 spiro atoms. The van der Waals surface area contributed by atoms with E-state index in [2.05, 4.69) is 0 Å². The Hall–Kier alpha value is 0.530. The molecule has 0 atom stereocenters. The third-order valence-electron chi connectivity index (χ3n) is 13.2. The summed E-state index contributed by atoms with van der Waals surface area (Å²) in [5.41, 5.74) is 0. The highest BCUT2D eigenvalue weighted by atomic mass is 32.5. The lowest BCUT2D eigenvalue weighted by Gasteiger charge is -2.57. The first-order valence-corrected chi connectivity index (χ1v) is 18.2. The molecule has 12 aliphatic rings. The molecule has 194 valence electrons. The fourth-order valence-corrected chi connectivity index (χ4v) is 15.6. The van der Waals surface area contributed by atoms with Crippen LogP contribution < -0.4 is 0 Å². The van der Waals surface area contributed by atoms with Crippen molar-refractivity contribution in [1.29, 1.82) is 0 Å². The van der Waals surface area contributed by atoms with E-state index < -0.39 is 6.72 Å². The number of rotatable bonds is 6. The van der Waals surface area contributed by atoms with E-state index in [1.165, 1.54) is 96.3 Å². The van der Waals surface area contributed by atoms with Crippen molar-refractivity contribution in [2.45, 2.75) is 115 Å². The lowest BCUT2D eigenvalue weighted by atomic mass is 9.55. The monoisotopic (exact) mass is 516 g/mol. The Balaban J connectivity index is 1.01. The molecular formula is C30H45O3PS. The Labute approximate surface area is 217 Å². The Kier molecular flexibility index (Phi) is 5.13. The van der Waals surface area contributed by atoms with Crippen LogP contribution in [0, 0.1) is 71.0 Å². The van der Waals surface area contributed by atoms with Crippen molar-refractivity contribution >= 4 is 18.5 Å². The summed E-state index contributed by atoms with van der Waals surface area (Å²) >= 11 is 6.54. The minimum Gasteiger partial charge on any atom is -0.305 e. The van der Waals surface area contributed by atoms with Gasteiger partial charge >= 0.3 is 6.72 Å². The third-order valence-corrected chi connectivity index (χ3v) is 15.5. The third kappa shape index (κ3) is 3.69. The van der Waals surface area contributed by atoms with Crippen molar-refractivity contribution in [1.82, 2.24) is 0 Å². The molecule has 0 heterocycles. The second kappa shape index (κ2) is 8.03. The summed E-state index contributed by atoms with van der Waals surface area (Å²) in [5, 5.41) is 0. The van der Waals surface area contributed by atoms with Crippen LogP contribution in [0.15, 0.2) is 0 Å². The maximum Gasteiger partial charge on any atom is 0.328 e. The Bertz CT molecular complexity index is 721. The molecule has 35 heavy (non-hydrogen) atoms. The Morgan fingerprint density at radius 1 is 0.343 bits per heavy atom. The molecule has 12 saturated carbocycles.